The number of halogens is 2. The van der Waals surface area contributed by atoms with E-state index >= 15 is 0 Å². The van der Waals surface area contributed by atoms with E-state index < -0.39 is 12.3 Å². The first-order chi connectivity index (χ1) is 17.0. The summed E-state index contributed by atoms with van der Waals surface area (Å²) in [5.41, 5.74) is 2.54. The molecule has 0 aliphatic rings. The Morgan fingerprint density at radius 3 is 2.57 bits per heavy atom. The van der Waals surface area contributed by atoms with Crippen LogP contribution in [-0.2, 0) is 13.5 Å². The molecule has 178 valence electrons. The number of aromatic nitrogens is 7. The molecule has 4 heterocycles. The van der Waals surface area contributed by atoms with Crippen LogP contribution in [0.2, 0.25) is 0 Å². The molecule has 5 aromatic rings. The number of benzene rings is 1. The Labute approximate surface area is 199 Å². The number of pyridine rings is 1. The van der Waals surface area contributed by atoms with Crippen molar-refractivity contribution in [3.63, 3.8) is 0 Å². The number of anilines is 2. The molecule has 0 spiro atoms. The minimum atomic E-state index is -2.55. The third-order valence-corrected chi connectivity index (χ3v) is 5.74. The van der Waals surface area contributed by atoms with Gasteiger partial charge in [0.25, 0.3) is 0 Å². The van der Waals surface area contributed by atoms with Gasteiger partial charge in [0.15, 0.2) is 5.65 Å². The number of rotatable bonds is 8. The van der Waals surface area contributed by atoms with Crippen molar-refractivity contribution in [3.8, 4) is 17.0 Å². The van der Waals surface area contributed by atoms with E-state index in [1.807, 2.05) is 25.2 Å². The third-order valence-electron chi connectivity index (χ3n) is 5.74. The van der Waals surface area contributed by atoms with E-state index in [2.05, 4.69) is 30.6 Å². The molecule has 0 saturated heterocycles. The highest BCUT2D eigenvalue weighted by atomic mass is 19.3. The van der Waals surface area contributed by atoms with Gasteiger partial charge in [-0.3, -0.25) is 9.08 Å². The molecule has 4 aromatic heterocycles. The fraction of sp³-hybridized carbons (Fsp3) is 0.208. The maximum Gasteiger partial charge on any atom is 0.245 e. The number of aryl methyl sites for hydroxylation is 1. The lowest BCUT2D eigenvalue weighted by molar-refractivity contribution is 0.112. The van der Waals surface area contributed by atoms with Gasteiger partial charge in [0.2, 0.25) is 12.4 Å². The number of alkyl halides is 2. The van der Waals surface area contributed by atoms with Crippen molar-refractivity contribution in [2.24, 2.45) is 7.05 Å². The summed E-state index contributed by atoms with van der Waals surface area (Å²) in [7, 11) is 3.35. The summed E-state index contributed by atoms with van der Waals surface area (Å²) in [5.74, 6) is 1.23. The summed E-state index contributed by atoms with van der Waals surface area (Å²) in [6.45, 7) is 0. The maximum absolute atomic E-state index is 13.9. The molecule has 0 amide bonds. The van der Waals surface area contributed by atoms with Crippen molar-refractivity contribution in [1.82, 2.24) is 34.3 Å². The van der Waals surface area contributed by atoms with Crippen LogP contribution in [0.15, 0.2) is 67.1 Å². The normalized spacial score (nSPS) is 12.3. The topological polar surface area (TPSA) is 95.0 Å². The van der Waals surface area contributed by atoms with E-state index in [1.54, 1.807) is 58.0 Å². The van der Waals surface area contributed by atoms with Crippen LogP contribution in [0.4, 0.5) is 20.5 Å². The zero-order chi connectivity index (χ0) is 24.4. The molecular formula is C24H22F2N8O. The van der Waals surface area contributed by atoms with E-state index in [-0.39, 0.29) is 6.42 Å². The Morgan fingerprint density at radius 1 is 1.03 bits per heavy atom. The Hall–Kier alpha value is -4.41. The molecule has 1 aromatic carbocycles. The van der Waals surface area contributed by atoms with Crippen LogP contribution in [0.25, 0.3) is 16.9 Å². The molecule has 0 bridgehead atoms. The van der Waals surface area contributed by atoms with Crippen LogP contribution >= 0.6 is 0 Å². The zero-order valence-corrected chi connectivity index (χ0v) is 19.0. The fourth-order valence-corrected chi connectivity index (χ4v) is 3.83. The summed E-state index contributed by atoms with van der Waals surface area (Å²) in [6, 6.07) is 13.9. The molecule has 35 heavy (non-hydrogen) atoms. The lowest BCUT2D eigenvalue weighted by atomic mass is 9.95. The van der Waals surface area contributed by atoms with E-state index in [4.69, 9.17) is 4.74 Å². The van der Waals surface area contributed by atoms with E-state index in [0.29, 0.717) is 34.4 Å². The molecule has 0 aliphatic heterocycles. The van der Waals surface area contributed by atoms with E-state index in [9.17, 15) is 8.78 Å². The van der Waals surface area contributed by atoms with Gasteiger partial charge in [-0.15, -0.1) is 10.2 Å². The second kappa shape index (κ2) is 9.45. The van der Waals surface area contributed by atoms with Crippen LogP contribution in [-0.4, -0.2) is 47.9 Å². The minimum absolute atomic E-state index is 0.0385. The van der Waals surface area contributed by atoms with Crippen molar-refractivity contribution >= 4 is 17.4 Å². The average Bonchev–Trinajstić information content (AvgIpc) is 3.47. The number of fused-ring (bicyclic) bond motifs is 1. The van der Waals surface area contributed by atoms with Crippen molar-refractivity contribution in [2.45, 2.75) is 18.8 Å². The number of hydrogen-bond acceptors (Lipinski definition) is 7. The van der Waals surface area contributed by atoms with Gasteiger partial charge in [0, 0.05) is 37.5 Å². The van der Waals surface area contributed by atoms with Gasteiger partial charge in [-0.25, -0.2) is 18.7 Å². The molecule has 9 nitrogen and oxygen atoms in total. The summed E-state index contributed by atoms with van der Waals surface area (Å²) in [4.78, 5) is 8.83. The smallest absolute Gasteiger partial charge is 0.245 e. The maximum atomic E-state index is 13.9. The molecule has 0 unspecified atom stereocenters. The highest BCUT2D eigenvalue weighted by Gasteiger charge is 2.25. The van der Waals surface area contributed by atoms with Gasteiger partial charge in [0.05, 0.1) is 24.9 Å². The summed E-state index contributed by atoms with van der Waals surface area (Å²) >= 11 is 0. The first kappa shape index (κ1) is 22.4. The van der Waals surface area contributed by atoms with Crippen LogP contribution in [0.5, 0.6) is 5.75 Å². The Kier molecular flexibility index (Phi) is 6.04. The molecule has 0 saturated carbocycles. The number of nitrogens with zero attached hydrogens (tertiary/aromatic N) is 7. The van der Waals surface area contributed by atoms with Crippen LogP contribution in [0, 0.1) is 0 Å². The molecule has 0 fully saturated rings. The number of nitrogens with one attached hydrogen (secondary N) is 1. The number of ether oxygens (including phenoxy) is 1. The number of hydrogen-bond donors (Lipinski definition) is 1. The standard InChI is InChI=1S/C24H22F2N8O/c1-33-20(8-11-28-33)30-24-27-10-7-19(29-24)16-9-12-34-21(13-16)31-32-22(34)14-18(23(25)26)15-3-5-17(35-2)6-4-15/h3-13,18,23H,14H2,1-2H3,(H,27,29,30)/t18-/m0/s1. The van der Waals surface area contributed by atoms with Gasteiger partial charge in [-0.2, -0.15) is 5.10 Å². The molecule has 0 radical (unpaired) electrons. The van der Waals surface area contributed by atoms with Gasteiger partial charge >= 0.3 is 0 Å². The molecule has 11 heteroatoms. The number of methoxy groups -OCH3 is 1. The molecule has 5 rings (SSSR count). The summed E-state index contributed by atoms with van der Waals surface area (Å²) in [6.07, 6.45) is 2.59. The molecule has 0 aliphatic carbocycles. The lowest BCUT2D eigenvalue weighted by Crippen LogP contribution is -2.14. The van der Waals surface area contributed by atoms with Crippen molar-refractivity contribution in [1.29, 1.82) is 0 Å². The quantitative estimate of drug-likeness (QED) is 0.357. The van der Waals surface area contributed by atoms with Crippen molar-refractivity contribution in [2.75, 3.05) is 12.4 Å². The van der Waals surface area contributed by atoms with Gasteiger partial charge in [-0.1, -0.05) is 12.1 Å². The minimum Gasteiger partial charge on any atom is -0.497 e. The second-order valence-corrected chi connectivity index (χ2v) is 7.91. The fourth-order valence-electron chi connectivity index (χ4n) is 3.83. The monoisotopic (exact) mass is 476 g/mol. The van der Waals surface area contributed by atoms with Gasteiger partial charge in [0.1, 0.15) is 17.4 Å². The zero-order valence-electron chi connectivity index (χ0n) is 19.0. The van der Waals surface area contributed by atoms with E-state index in [0.717, 1.165) is 11.4 Å². The molecule has 1 atom stereocenters. The Morgan fingerprint density at radius 2 is 1.86 bits per heavy atom. The van der Waals surface area contributed by atoms with Crippen molar-refractivity contribution in [3.05, 3.63) is 78.5 Å². The SMILES string of the molecule is COc1ccc([C@H](Cc2nnc3cc(-c4ccnc(Nc5ccnn5C)n4)ccn23)C(F)F)cc1. The highest BCUT2D eigenvalue weighted by Crippen LogP contribution is 2.29. The van der Waals surface area contributed by atoms with Crippen molar-refractivity contribution < 1.29 is 13.5 Å². The van der Waals surface area contributed by atoms with Gasteiger partial charge in [-0.05, 0) is 35.9 Å². The van der Waals surface area contributed by atoms with E-state index in [1.165, 1.54) is 7.11 Å². The van der Waals surface area contributed by atoms with Crippen LogP contribution < -0.4 is 10.1 Å². The Bertz CT molecular complexity index is 1450. The summed E-state index contributed by atoms with van der Waals surface area (Å²) in [5, 5.41) is 15.6. The summed E-state index contributed by atoms with van der Waals surface area (Å²) < 4.78 is 36.4. The van der Waals surface area contributed by atoms with Gasteiger partial charge < -0.3 is 10.1 Å². The lowest BCUT2D eigenvalue weighted by Gasteiger charge is -2.16. The van der Waals surface area contributed by atoms with Crippen LogP contribution in [0.3, 0.4) is 0 Å². The molecular weight excluding hydrogens is 454 g/mol. The second-order valence-electron chi connectivity index (χ2n) is 7.91. The third kappa shape index (κ3) is 4.65. The Balaban J connectivity index is 1.40. The first-order valence-electron chi connectivity index (χ1n) is 10.9. The molecule has 1 N–H and O–H groups in total. The predicted molar refractivity (Wildman–Crippen MR) is 126 cm³/mol. The largest absolute Gasteiger partial charge is 0.497 e. The first-order valence-corrected chi connectivity index (χ1v) is 10.9. The van der Waals surface area contributed by atoms with Crippen LogP contribution in [0.1, 0.15) is 17.3 Å². The predicted octanol–water partition coefficient (Wildman–Crippen LogP) is 4.26. The highest BCUT2D eigenvalue weighted by molar-refractivity contribution is 5.65. The average molecular weight is 476 g/mol.